The number of carbonyl (C=O) groups excluding carboxylic acids is 2. The first kappa shape index (κ1) is 16.0. The van der Waals surface area contributed by atoms with Crippen LogP contribution in [0.25, 0.3) is 0 Å². The van der Waals surface area contributed by atoms with Gasteiger partial charge in [-0.05, 0) is 39.1 Å². The molecule has 110 valence electrons. The monoisotopic (exact) mass is 278 g/mol. The predicted octanol–water partition coefficient (Wildman–Crippen LogP) is 0.664. The normalized spacial score (nSPS) is 12.0. The van der Waals surface area contributed by atoms with Crippen LogP contribution < -0.4 is 16.4 Å². The van der Waals surface area contributed by atoms with Gasteiger partial charge in [0.25, 0.3) is 0 Å². The van der Waals surface area contributed by atoms with Crippen molar-refractivity contribution in [3.63, 3.8) is 0 Å². The van der Waals surface area contributed by atoms with Crippen LogP contribution in [-0.2, 0) is 9.59 Å². The summed E-state index contributed by atoms with van der Waals surface area (Å²) in [5, 5.41) is 5.47. The summed E-state index contributed by atoms with van der Waals surface area (Å²) in [4.78, 5) is 25.2. The molecule has 6 heteroatoms. The van der Waals surface area contributed by atoms with Crippen molar-refractivity contribution in [2.75, 3.05) is 31.2 Å². The zero-order valence-electron chi connectivity index (χ0n) is 12.1. The fourth-order valence-corrected chi connectivity index (χ4v) is 1.68. The number of nitrogens with one attached hydrogen (secondary N) is 2. The van der Waals surface area contributed by atoms with Crippen LogP contribution in [0.5, 0.6) is 0 Å². The number of hydrogen-bond acceptors (Lipinski definition) is 4. The van der Waals surface area contributed by atoms with Gasteiger partial charge in [-0.3, -0.25) is 14.5 Å². The van der Waals surface area contributed by atoms with Crippen molar-refractivity contribution in [2.45, 2.75) is 19.9 Å². The van der Waals surface area contributed by atoms with Gasteiger partial charge in [-0.1, -0.05) is 6.07 Å². The Kier molecular flexibility index (Phi) is 5.99. The van der Waals surface area contributed by atoms with E-state index >= 15 is 0 Å². The van der Waals surface area contributed by atoms with Crippen molar-refractivity contribution in [1.82, 2.24) is 10.2 Å². The van der Waals surface area contributed by atoms with Crippen LogP contribution in [0.15, 0.2) is 24.3 Å². The molecule has 1 rings (SSSR count). The standard InChI is InChI=1S/C14H22N4O2/c1-4-16-13(19)9-18(3)10(2)14(20)17-12-7-5-6-11(15)8-12/h5-8,10H,4,9,15H2,1-3H3,(H,16,19)(H,17,20). The van der Waals surface area contributed by atoms with Gasteiger partial charge in [0.05, 0.1) is 12.6 Å². The minimum absolute atomic E-state index is 0.0985. The Morgan fingerprint density at radius 3 is 2.70 bits per heavy atom. The molecule has 0 bridgehead atoms. The summed E-state index contributed by atoms with van der Waals surface area (Å²) in [6.07, 6.45) is 0. The Balaban J connectivity index is 2.56. The lowest BCUT2D eigenvalue weighted by Crippen LogP contribution is -2.44. The topological polar surface area (TPSA) is 87.5 Å². The number of benzene rings is 1. The van der Waals surface area contributed by atoms with Gasteiger partial charge in [0.2, 0.25) is 11.8 Å². The molecule has 6 nitrogen and oxygen atoms in total. The van der Waals surface area contributed by atoms with Crippen molar-refractivity contribution in [3.8, 4) is 0 Å². The highest BCUT2D eigenvalue weighted by atomic mass is 16.2. The quantitative estimate of drug-likeness (QED) is 0.667. The third-order valence-electron chi connectivity index (χ3n) is 2.96. The molecule has 0 aliphatic rings. The summed E-state index contributed by atoms with van der Waals surface area (Å²) in [5.41, 5.74) is 6.89. The van der Waals surface area contributed by atoms with E-state index in [1.807, 2.05) is 6.92 Å². The lowest BCUT2D eigenvalue weighted by molar-refractivity contribution is -0.124. The fraction of sp³-hybridized carbons (Fsp3) is 0.429. The molecule has 0 aliphatic carbocycles. The summed E-state index contributed by atoms with van der Waals surface area (Å²) in [6, 6.07) is 6.56. The number of likely N-dealkylation sites (N-methyl/N-ethyl adjacent to an activating group) is 2. The molecule has 0 fully saturated rings. The summed E-state index contributed by atoms with van der Waals surface area (Å²) >= 11 is 0. The molecule has 1 aromatic carbocycles. The minimum Gasteiger partial charge on any atom is -0.399 e. The number of nitrogen functional groups attached to an aromatic ring is 1. The molecule has 4 N–H and O–H groups in total. The van der Waals surface area contributed by atoms with E-state index in [0.717, 1.165) is 0 Å². The predicted molar refractivity (Wildman–Crippen MR) is 80.3 cm³/mol. The Morgan fingerprint density at radius 1 is 1.40 bits per heavy atom. The number of nitrogens with two attached hydrogens (primary N) is 1. The average molecular weight is 278 g/mol. The lowest BCUT2D eigenvalue weighted by Gasteiger charge is -2.23. The molecule has 0 heterocycles. The van der Waals surface area contributed by atoms with Crippen molar-refractivity contribution in [1.29, 1.82) is 0 Å². The van der Waals surface area contributed by atoms with Crippen LogP contribution in [0.2, 0.25) is 0 Å². The smallest absolute Gasteiger partial charge is 0.241 e. The Morgan fingerprint density at radius 2 is 2.10 bits per heavy atom. The maximum Gasteiger partial charge on any atom is 0.241 e. The molecule has 0 aliphatic heterocycles. The highest BCUT2D eigenvalue weighted by Crippen LogP contribution is 2.12. The van der Waals surface area contributed by atoms with Crippen LogP contribution in [0.3, 0.4) is 0 Å². The van der Waals surface area contributed by atoms with E-state index < -0.39 is 6.04 Å². The van der Waals surface area contributed by atoms with Gasteiger partial charge >= 0.3 is 0 Å². The van der Waals surface area contributed by atoms with Gasteiger partial charge < -0.3 is 16.4 Å². The largest absolute Gasteiger partial charge is 0.399 e. The van der Waals surface area contributed by atoms with E-state index in [4.69, 9.17) is 5.73 Å². The molecule has 2 amide bonds. The van der Waals surface area contributed by atoms with Crippen LogP contribution in [-0.4, -0.2) is 42.9 Å². The van der Waals surface area contributed by atoms with Crippen LogP contribution in [0.4, 0.5) is 11.4 Å². The second-order valence-electron chi connectivity index (χ2n) is 4.66. The molecule has 0 aromatic heterocycles. The van der Waals surface area contributed by atoms with E-state index in [-0.39, 0.29) is 18.4 Å². The van der Waals surface area contributed by atoms with E-state index in [2.05, 4.69) is 10.6 Å². The first-order valence-electron chi connectivity index (χ1n) is 6.57. The van der Waals surface area contributed by atoms with E-state index in [1.165, 1.54) is 0 Å². The molecule has 20 heavy (non-hydrogen) atoms. The number of carbonyl (C=O) groups is 2. The first-order valence-corrected chi connectivity index (χ1v) is 6.57. The zero-order chi connectivity index (χ0) is 15.1. The molecule has 0 saturated carbocycles. The van der Waals surface area contributed by atoms with E-state index in [9.17, 15) is 9.59 Å². The van der Waals surface area contributed by atoms with Gasteiger partial charge in [-0.2, -0.15) is 0 Å². The molecule has 0 radical (unpaired) electrons. The summed E-state index contributed by atoms with van der Waals surface area (Å²) in [6.45, 7) is 4.37. The van der Waals surface area contributed by atoms with Crippen molar-refractivity contribution >= 4 is 23.2 Å². The van der Waals surface area contributed by atoms with Crippen molar-refractivity contribution in [3.05, 3.63) is 24.3 Å². The molecule has 0 saturated heterocycles. The van der Waals surface area contributed by atoms with Gasteiger partial charge in [-0.15, -0.1) is 0 Å². The van der Waals surface area contributed by atoms with Crippen molar-refractivity contribution < 1.29 is 9.59 Å². The fourth-order valence-electron chi connectivity index (χ4n) is 1.68. The Hall–Kier alpha value is -2.08. The maximum absolute atomic E-state index is 12.1. The number of nitrogens with zero attached hydrogens (tertiary/aromatic N) is 1. The van der Waals surface area contributed by atoms with Crippen molar-refractivity contribution in [2.24, 2.45) is 0 Å². The molecular formula is C14H22N4O2. The maximum atomic E-state index is 12.1. The summed E-state index contributed by atoms with van der Waals surface area (Å²) < 4.78 is 0. The van der Waals surface area contributed by atoms with Gasteiger partial charge in [0.15, 0.2) is 0 Å². The first-order chi connectivity index (χ1) is 9.43. The van der Waals surface area contributed by atoms with Crippen LogP contribution >= 0.6 is 0 Å². The van der Waals surface area contributed by atoms with Crippen LogP contribution in [0, 0.1) is 0 Å². The van der Waals surface area contributed by atoms with E-state index in [0.29, 0.717) is 17.9 Å². The summed E-state index contributed by atoms with van der Waals surface area (Å²) in [5.74, 6) is -0.277. The van der Waals surface area contributed by atoms with Gasteiger partial charge in [0.1, 0.15) is 0 Å². The molecule has 1 atom stereocenters. The number of hydrogen-bond donors (Lipinski definition) is 3. The van der Waals surface area contributed by atoms with E-state index in [1.54, 1.807) is 43.1 Å². The second kappa shape index (κ2) is 7.49. The number of rotatable bonds is 6. The molecular weight excluding hydrogens is 256 g/mol. The average Bonchev–Trinajstić information content (AvgIpc) is 2.37. The molecule has 1 unspecified atom stereocenters. The second-order valence-corrected chi connectivity index (χ2v) is 4.66. The lowest BCUT2D eigenvalue weighted by atomic mass is 10.2. The Bertz CT molecular complexity index is 476. The number of anilines is 2. The number of amides is 2. The minimum atomic E-state index is -0.418. The molecule has 1 aromatic rings. The zero-order valence-corrected chi connectivity index (χ0v) is 12.1. The third kappa shape index (κ3) is 4.89. The SMILES string of the molecule is CCNC(=O)CN(C)C(C)C(=O)Nc1cccc(N)c1. The van der Waals surface area contributed by atoms with Crippen LogP contribution in [0.1, 0.15) is 13.8 Å². The molecule has 0 spiro atoms. The Labute approximate surface area is 119 Å². The highest BCUT2D eigenvalue weighted by Gasteiger charge is 2.19. The van der Waals surface area contributed by atoms with Gasteiger partial charge in [0, 0.05) is 17.9 Å². The third-order valence-corrected chi connectivity index (χ3v) is 2.96. The highest BCUT2D eigenvalue weighted by molar-refractivity contribution is 5.95. The summed E-state index contributed by atoms with van der Waals surface area (Å²) in [7, 11) is 1.73. The van der Waals surface area contributed by atoms with Gasteiger partial charge in [-0.25, -0.2) is 0 Å².